The molecule has 0 saturated carbocycles. The molecule has 0 atom stereocenters. The fourth-order valence-corrected chi connectivity index (χ4v) is 3.14. The van der Waals surface area contributed by atoms with E-state index < -0.39 is 0 Å². The number of pyridine rings is 1. The van der Waals surface area contributed by atoms with E-state index in [0.29, 0.717) is 18.5 Å². The third-order valence-corrected chi connectivity index (χ3v) is 4.72. The molecule has 0 bridgehead atoms. The molecule has 8 heteroatoms. The minimum atomic E-state index is 0. The molecule has 3 rings (SSSR count). The van der Waals surface area contributed by atoms with Gasteiger partial charge in [-0.1, -0.05) is 25.1 Å². The monoisotopic (exact) mass is 498 g/mol. The van der Waals surface area contributed by atoms with Gasteiger partial charge in [-0.25, -0.2) is 9.98 Å². The molecule has 1 fully saturated rings. The number of rotatable bonds is 6. The summed E-state index contributed by atoms with van der Waals surface area (Å²) in [5, 5.41) is 11.0. The topological polar surface area (TPSA) is 78.6 Å². The average Bonchev–Trinajstić information content (AvgIpc) is 3.17. The normalized spacial score (nSPS) is 15.4. The summed E-state index contributed by atoms with van der Waals surface area (Å²) in [5.74, 6) is 3.04. The second-order valence-electron chi connectivity index (χ2n) is 7.16. The Labute approximate surface area is 184 Å². The van der Waals surface area contributed by atoms with Crippen molar-refractivity contribution in [3.63, 3.8) is 0 Å². The largest absolute Gasteiger partial charge is 0.359 e. The van der Waals surface area contributed by atoms with E-state index >= 15 is 0 Å². The SMILES string of the molecule is CCNC(=NCc1cc(C(C)C)no1)NC1CCN(c2ccccn2)CC1.I. The summed E-state index contributed by atoms with van der Waals surface area (Å²) in [6.45, 7) is 9.59. The van der Waals surface area contributed by atoms with E-state index in [1.54, 1.807) is 0 Å². The van der Waals surface area contributed by atoms with E-state index in [1.807, 2.05) is 24.4 Å². The molecule has 1 aliphatic rings. The van der Waals surface area contributed by atoms with Gasteiger partial charge in [0.1, 0.15) is 12.4 Å². The molecule has 7 nitrogen and oxygen atoms in total. The summed E-state index contributed by atoms with van der Waals surface area (Å²) in [7, 11) is 0. The Morgan fingerprint density at radius 2 is 2.11 bits per heavy atom. The number of aliphatic imine (C=N–C) groups is 1. The second kappa shape index (κ2) is 11.2. The zero-order chi connectivity index (χ0) is 19.1. The van der Waals surface area contributed by atoms with Crippen LogP contribution in [0.5, 0.6) is 0 Å². The molecule has 2 aromatic rings. The molecule has 1 aliphatic heterocycles. The Balaban J connectivity index is 0.00000280. The summed E-state index contributed by atoms with van der Waals surface area (Å²) in [6, 6.07) is 8.46. The predicted octanol–water partition coefficient (Wildman–Crippen LogP) is 3.54. The summed E-state index contributed by atoms with van der Waals surface area (Å²) in [5.41, 5.74) is 0.972. The van der Waals surface area contributed by atoms with Crippen LogP contribution in [0.1, 0.15) is 51.0 Å². The van der Waals surface area contributed by atoms with Gasteiger partial charge in [0.2, 0.25) is 0 Å². The molecule has 3 heterocycles. The van der Waals surface area contributed by atoms with Crippen molar-refractivity contribution in [3.8, 4) is 0 Å². The lowest BCUT2D eigenvalue weighted by Crippen LogP contribution is -2.48. The molecule has 2 N–H and O–H groups in total. The Morgan fingerprint density at radius 3 is 2.71 bits per heavy atom. The van der Waals surface area contributed by atoms with Crippen molar-refractivity contribution in [3.05, 3.63) is 41.9 Å². The first-order valence-electron chi connectivity index (χ1n) is 9.82. The van der Waals surface area contributed by atoms with Crippen LogP contribution in [0.2, 0.25) is 0 Å². The summed E-state index contributed by atoms with van der Waals surface area (Å²) < 4.78 is 5.38. The van der Waals surface area contributed by atoms with Gasteiger partial charge < -0.3 is 20.1 Å². The summed E-state index contributed by atoms with van der Waals surface area (Å²) in [4.78, 5) is 11.4. The van der Waals surface area contributed by atoms with E-state index in [0.717, 1.165) is 55.7 Å². The number of nitrogens with one attached hydrogen (secondary N) is 2. The van der Waals surface area contributed by atoms with Gasteiger partial charge >= 0.3 is 0 Å². The first-order valence-corrected chi connectivity index (χ1v) is 9.82. The standard InChI is InChI=1S/C20H30N6O.HI/c1-4-21-20(23-14-17-13-18(15(2)3)25-27-17)24-16-8-11-26(12-9-16)19-7-5-6-10-22-19;/h5-7,10,13,15-16H,4,8-9,11-12,14H2,1-3H3,(H2,21,23,24);1H. The van der Waals surface area contributed by atoms with E-state index in [-0.39, 0.29) is 24.0 Å². The van der Waals surface area contributed by atoms with Crippen LogP contribution in [0.25, 0.3) is 0 Å². The molecule has 0 spiro atoms. The van der Waals surface area contributed by atoms with Crippen LogP contribution < -0.4 is 15.5 Å². The molecule has 154 valence electrons. The average molecular weight is 498 g/mol. The zero-order valence-corrected chi connectivity index (χ0v) is 19.2. The van der Waals surface area contributed by atoms with Gasteiger partial charge in [-0.2, -0.15) is 0 Å². The molecular weight excluding hydrogens is 467 g/mol. The molecule has 0 unspecified atom stereocenters. The van der Waals surface area contributed by atoms with E-state index in [9.17, 15) is 0 Å². The van der Waals surface area contributed by atoms with Gasteiger partial charge in [-0.3, -0.25) is 0 Å². The first kappa shape index (κ1) is 22.4. The highest BCUT2D eigenvalue weighted by molar-refractivity contribution is 14.0. The molecule has 1 saturated heterocycles. The van der Waals surface area contributed by atoms with Crippen LogP contribution in [-0.4, -0.2) is 41.8 Å². The van der Waals surface area contributed by atoms with Crippen molar-refractivity contribution in [1.29, 1.82) is 0 Å². The third-order valence-electron chi connectivity index (χ3n) is 4.72. The van der Waals surface area contributed by atoms with Gasteiger partial charge in [-0.15, -0.1) is 24.0 Å². The lowest BCUT2D eigenvalue weighted by Gasteiger charge is -2.33. The van der Waals surface area contributed by atoms with Crippen molar-refractivity contribution in [2.45, 2.75) is 52.1 Å². The Hall–Kier alpha value is -1.84. The van der Waals surface area contributed by atoms with Gasteiger partial charge in [-0.05, 0) is 37.8 Å². The quantitative estimate of drug-likeness (QED) is 0.361. The summed E-state index contributed by atoms with van der Waals surface area (Å²) in [6.07, 6.45) is 3.96. The highest BCUT2D eigenvalue weighted by Gasteiger charge is 2.20. The maximum Gasteiger partial charge on any atom is 0.191 e. The van der Waals surface area contributed by atoms with Crippen LogP contribution in [-0.2, 0) is 6.54 Å². The van der Waals surface area contributed by atoms with Crippen LogP contribution in [0, 0.1) is 0 Å². The number of anilines is 1. The minimum Gasteiger partial charge on any atom is -0.359 e. The summed E-state index contributed by atoms with van der Waals surface area (Å²) >= 11 is 0. The van der Waals surface area contributed by atoms with Gasteiger partial charge in [0.05, 0.1) is 5.69 Å². The third kappa shape index (κ3) is 6.35. The number of piperidine rings is 1. The number of halogens is 1. The lowest BCUT2D eigenvalue weighted by molar-refractivity contribution is 0.376. The maximum absolute atomic E-state index is 5.38. The van der Waals surface area contributed by atoms with Crippen LogP contribution in [0.15, 0.2) is 40.0 Å². The molecule has 0 radical (unpaired) electrons. The fourth-order valence-electron chi connectivity index (χ4n) is 3.14. The molecule has 0 aromatic carbocycles. The molecular formula is C20H31IN6O. The number of hydrogen-bond donors (Lipinski definition) is 2. The highest BCUT2D eigenvalue weighted by atomic mass is 127. The second-order valence-corrected chi connectivity index (χ2v) is 7.16. The van der Waals surface area contributed by atoms with Crippen LogP contribution >= 0.6 is 24.0 Å². The number of nitrogens with zero attached hydrogens (tertiary/aromatic N) is 4. The van der Waals surface area contributed by atoms with Crippen molar-refractivity contribution in [2.24, 2.45) is 4.99 Å². The molecule has 2 aromatic heterocycles. The van der Waals surface area contributed by atoms with Gasteiger partial charge in [0.15, 0.2) is 11.7 Å². The van der Waals surface area contributed by atoms with Crippen molar-refractivity contribution < 1.29 is 4.52 Å². The van der Waals surface area contributed by atoms with Gasteiger partial charge in [0, 0.05) is 37.9 Å². The predicted molar refractivity (Wildman–Crippen MR) is 123 cm³/mol. The van der Waals surface area contributed by atoms with E-state index in [2.05, 4.69) is 57.5 Å². The number of aromatic nitrogens is 2. The van der Waals surface area contributed by atoms with Crippen molar-refractivity contribution in [1.82, 2.24) is 20.8 Å². The first-order chi connectivity index (χ1) is 13.2. The Bertz CT molecular complexity index is 725. The van der Waals surface area contributed by atoms with E-state index in [4.69, 9.17) is 4.52 Å². The van der Waals surface area contributed by atoms with E-state index in [1.165, 1.54) is 0 Å². The minimum absolute atomic E-state index is 0. The van der Waals surface area contributed by atoms with Crippen LogP contribution in [0.3, 0.4) is 0 Å². The smallest absolute Gasteiger partial charge is 0.191 e. The Kier molecular flexibility index (Phi) is 9.01. The number of guanidine groups is 1. The Morgan fingerprint density at radius 1 is 1.32 bits per heavy atom. The number of hydrogen-bond acceptors (Lipinski definition) is 5. The molecule has 28 heavy (non-hydrogen) atoms. The highest BCUT2D eigenvalue weighted by Crippen LogP contribution is 2.17. The molecule has 0 amide bonds. The lowest BCUT2D eigenvalue weighted by atomic mass is 10.1. The maximum atomic E-state index is 5.38. The van der Waals surface area contributed by atoms with Crippen molar-refractivity contribution in [2.75, 3.05) is 24.5 Å². The fraction of sp³-hybridized carbons (Fsp3) is 0.550. The molecule has 0 aliphatic carbocycles. The van der Waals surface area contributed by atoms with Gasteiger partial charge in [0.25, 0.3) is 0 Å². The zero-order valence-electron chi connectivity index (χ0n) is 16.9. The van der Waals surface area contributed by atoms with Crippen LogP contribution in [0.4, 0.5) is 5.82 Å². The van der Waals surface area contributed by atoms with Crippen molar-refractivity contribution >= 4 is 35.8 Å².